The molecule has 0 bridgehead atoms. The van der Waals surface area contributed by atoms with Crippen LogP contribution in [-0.4, -0.2) is 5.11 Å². The predicted octanol–water partition coefficient (Wildman–Crippen LogP) is 4.79. The number of halogens is 2. The van der Waals surface area contributed by atoms with Crippen molar-refractivity contribution in [2.45, 2.75) is 13.5 Å². The molecular formula is C12H11BrClNOS. The van der Waals surface area contributed by atoms with Gasteiger partial charge in [0, 0.05) is 21.6 Å². The summed E-state index contributed by atoms with van der Waals surface area (Å²) < 4.78 is 1.70. The number of phenolic OH excluding ortho intramolecular Hbond substituents is 1. The van der Waals surface area contributed by atoms with Crippen molar-refractivity contribution in [1.29, 1.82) is 0 Å². The molecule has 2 N–H and O–H groups in total. The highest BCUT2D eigenvalue weighted by Gasteiger charge is 2.05. The number of rotatable bonds is 3. The van der Waals surface area contributed by atoms with E-state index in [0.717, 1.165) is 31.5 Å². The molecule has 0 aliphatic carbocycles. The second-order valence-corrected chi connectivity index (χ2v) is 6.28. The van der Waals surface area contributed by atoms with Crippen LogP contribution in [0.3, 0.4) is 0 Å². The van der Waals surface area contributed by atoms with Crippen molar-refractivity contribution in [3.05, 3.63) is 43.5 Å². The maximum absolute atomic E-state index is 9.31. The number of thiophene rings is 1. The molecule has 1 aromatic heterocycles. The first kappa shape index (κ1) is 12.7. The van der Waals surface area contributed by atoms with E-state index in [2.05, 4.69) is 21.2 Å². The number of nitrogens with one attached hydrogen (secondary N) is 1. The lowest BCUT2D eigenvalue weighted by Gasteiger charge is -2.08. The molecule has 0 fully saturated rings. The van der Waals surface area contributed by atoms with E-state index in [1.54, 1.807) is 23.5 Å². The summed E-state index contributed by atoms with van der Waals surface area (Å²) >= 11 is 10.9. The SMILES string of the molecule is Cc1cc(O)ccc1NCc1cc(Br)c(Cl)s1. The molecule has 0 unspecified atom stereocenters. The first-order valence-electron chi connectivity index (χ1n) is 5.03. The van der Waals surface area contributed by atoms with Crippen LogP contribution in [-0.2, 0) is 6.54 Å². The highest BCUT2D eigenvalue weighted by molar-refractivity contribution is 9.10. The van der Waals surface area contributed by atoms with Gasteiger partial charge in [0.05, 0.1) is 0 Å². The van der Waals surface area contributed by atoms with Crippen molar-refractivity contribution < 1.29 is 5.11 Å². The van der Waals surface area contributed by atoms with Crippen molar-refractivity contribution in [2.75, 3.05) is 5.32 Å². The number of hydrogen-bond donors (Lipinski definition) is 2. The van der Waals surface area contributed by atoms with Crippen molar-refractivity contribution >= 4 is 44.6 Å². The standard InChI is InChI=1S/C12H11BrClNOS/c1-7-4-8(16)2-3-11(7)15-6-9-5-10(13)12(14)17-9/h2-5,15-16H,6H2,1H3. The van der Waals surface area contributed by atoms with E-state index in [1.807, 2.05) is 19.1 Å². The average Bonchev–Trinajstić information content (AvgIpc) is 2.57. The summed E-state index contributed by atoms with van der Waals surface area (Å²) in [5.41, 5.74) is 2.04. The number of hydrogen-bond acceptors (Lipinski definition) is 3. The third kappa shape index (κ3) is 3.15. The van der Waals surface area contributed by atoms with Gasteiger partial charge >= 0.3 is 0 Å². The molecule has 0 amide bonds. The predicted molar refractivity (Wildman–Crippen MR) is 77.2 cm³/mol. The van der Waals surface area contributed by atoms with Gasteiger partial charge in [0.15, 0.2) is 0 Å². The second-order valence-electron chi connectivity index (χ2n) is 3.69. The number of anilines is 1. The third-order valence-corrected chi connectivity index (χ3v) is 4.83. The van der Waals surface area contributed by atoms with Crippen LogP contribution in [0.4, 0.5) is 5.69 Å². The van der Waals surface area contributed by atoms with Gasteiger partial charge in [-0.15, -0.1) is 11.3 Å². The fourth-order valence-electron chi connectivity index (χ4n) is 1.51. The minimum Gasteiger partial charge on any atom is -0.508 e. The zero-order valence-electron chi connectivity index (χ0n) is 9.13. The highest BCUT2D eigenvalue weighted by Crippen LogP contribution is 2.32. The van der Waals surface area contributed by atoms with E-state index in [0.29, 0.717) is 0 Å². The fraction of sp³-hybridized carbons (Fsp3) is 0.167. The van der Waals surface area contributed by atoms with Crippen molar-refractivity contribution in [3.63, 3.8) is 0 Å². The number of benzene rings is 1. The zero-order chi connectivity index (χ0) is 12.4. The molecule has 2 aromatic rings. The van der Waals surface area contributed by atoms with Crippen LogP contribution < -0.4 is 5.32 Å². The van der Waals surface area contributed by atoms with Crippen LogP contribution in [0.2, 0.25) is 4.34 Å². The average molecular weight is 333 g/mol. The molecule has 0 saturated carbocycles. The summed E-state index contributed by atoms with van der Waals surface area (Å²) in [5, 5.41) is 12.6. The smallest absolute Gasteiger partial charge is 0.115 e. The topological polar surface area (TPSA) is 32.3 Å². The van der Waals surface area contributed by atoms with Gasteiger partial charge in [-0.25, -0.2) is 0 Å². The molecular weight excluding hydrogens is 322 g/mol. The van der Waals surface area contributed by atoms with Crippen molar-refractivity contribution in [3.8, 4) is 5.75 Å². The Kier molecular flexibility index (Phi) is 3.97. The molecule has 2 nitrogen and oxygen atoms in total. The van der Waals surface area contributed by atoms with Crippen LogP contribution in [0.5, 0.6) is 5.75 Å². The monoisotopic (exact) mass is 331 g/mol. The zero-order valence-corrected chi connectivity index (χ0v) is 12.3. The molecule has 17 heavy (non-hydrogen) atoms. The van der Waals surface area contributed by atoms with E-state index >= 15 is 0 Å². The lowest BCUT2D eigenvalue weighted by atomic mass is 10.2. The first-order valence-corrected chi connectivity index (χ1v) is 7.02. The Morgan fingerprint density at radius 1 is 1.41 bits per heavy atom. The molecule has 1 aromatic carbocycles. The Hall–Kier alpha value is -0.710. The maximum Gasteiger partial charge on any atom is 0.115 e. The maximum atomic E-state index is 9.31. The van der Waals surface area contributed by atoms with Gasteiger partial charge in [-0.3, -0.25) is 0 Å². The summed E-state index contributed by atoms with van der Waals surface area (Å²) in [7, 11) is 0. The van der Waals surface area contributed by atoms with Crippen LogP contribution in [0.1, 0.15) is 10.4 Å². The lowest BCUT2D eigenvalue weighted by Crippen LogP contribution is -1.98. The molecule has 0 aliphatic heterocycles. The number of phenols is 1. The third-order valence-electron chi connectivity index (χ3n) is 2.36. The van der Waals surface area contributed by atoms with Gasteiger partial charge in [0.25, 0.3) is 0 Å². The molecule has 90 valence electrons. The van der Waals surface area contributed by atoms with E-state index in [-0.39, 0.29) is 5.75 Å². The molecule has 0 atom stereocenters. The van der Waals surface area contributed by atoms with Crippen LogP contribution in [0, 0.1) is 6.92 Å². The minimum absolute atomic E-state index is 0.287. The lowest BCUT2D eigenvalue weighted by molar-refractivity contribution is 0.475. The van der Waals surface area contributed by atoms with E-state index in [4.69, 9.17) is 11.6 Å². The quantitative estimate of drug-likeness (QED) is 0.792. The summed E-state index contributed by atoms with van der Waals surface area (Å²) in [6.45, 7) is 2.68. The van der Waals surface area contributed by atoms with Gasteiger partial charge < -0.3 is 10.4 Å². The Balaban J connectivity index is 2.07. The minimum atomic E-state index is 0.287. The van der Waals surface area contributed by atoms with Gasteiger partial charge in [-0.2, -0.15) is 0 Å². The molecule has 0 saturated heterocycles. The summed E-state index contributed by atoms with van der Waals surface area (Å²) in [6, 6.07) is 7.29. The number of aromatic hydroxyl groups is 1. The summed E-state index contributed by atoms with van der Waals surface area (Å²) in [6.07, 6.45) is 0. The largest absolute Gasteiger partial charge is 0.508 e. The van der Waals surface area contributed by atoms with Crippen LogP contribution in [0.15, 0.2) is 28.7 Å². The first-order chi connectivity index (χ1) is 8.06. The van der Waals surface area contributed by atoms with E-state index < -0.39 is 0 Å². The van der Waals surface area contributed by atoms with Crippen molar-refractivity contribution in [1.82, 2.24) is 0 Å². The fourth-order valence-corrected chi connectivity index (χ4v) is 3.24. The number of aryl methyl sites for hydroxylation is 1. The molecule has 0 aliphatic rings. The summed E-state index contributed by atoms with van der Waals surface area (Å²) in [5.74, 6) is 0.287. The Bertz CT molecular complexity index is 522. The molecule has 5 heteroatoms. The second kappa shape index (κ2) is 5.29. The van der Waals surface area contributed by atoms with Crippen LogP contribution >= 0.6 is 38.9 Å². The van der Waals surface area contributed by atoms with E-state index in [9.17, 15) is 5.11 Å². The molecule has 0 radical (unpaired) electrons. The Morgan fingerprint density at radius 2 is 2.18 bits per heavy atom. The molecule has 1 heterocycles. The van der Waals surface area contributed by atoms with Gasteiger partial charge in [0.1, 0.15) is 10.1 Å². The normalized spacial score (nSPS) is 10.5. The molecule has 2 rings (SSSR count). The highest BCUT2D eigenvalue weighted by atomic mass is 79.9. The van der Waals surface area contributed by atoms with Gasteiger partial charge in [-0.05, 0) is 52.7 Å². The van der Waals surface area contributed by atoms with Gasteiger partial charge in [0.2, 0.25) is 0 Å². The Morgan fingerprint density at radius 3 is 2.76 bits per heavy atom. The molecule has 0 spiro atoms. The summed E-state index contributed by atoms with van der Waals surface area (Å²) in [4.78, 5) is 1.16. The van der Waals surface area contributed by atoms with E-state index in [1.165, 1.54) is 0 Å². The van der Waals surface area contributed by atoms with Gasteiger partial charge in [-0.1, -0.05) is 11.6 Å². The van der Waals surface area contributed by atoms with Crippen molar-refractivity contribution in [2.24, 2.45) is 0 Å². The van der Waals surface area contributed by atoms with Crippen LogP contribution in [0.25, 0.3) is 0 Å². The Labute approximate surface area is 117 Å².